The Kier molecular flexibility index (Phi) is 8.18. The molecule has 0 fully saturated rings. The van der Waals surface area contributed by atoms with Gasteiger partial charge in [-0.2, -0.15) is 4.98 Å². The first-order chi connectivity index (χ1) is 16.6. The highest BCUT2D eigenvalue weighted by atomic mass is 19.1. The summed E-state index contributed by atoms with van der Waals surface area (Å²) in [7, 11) is 1.56. The van der Waals surface area contributed by atoms with E-state index in [0.717, 1.165) is 23.8 Å². The van der Waals surface area contributed by atoms with Crippen molar-refractivity contribution < 1.29 is 23.4 Å². The van der Waals surface area contributed by atoms with Crippen LogP contribution in [0, 0.1) is 11.6 Å². The Labute approximate surface area is 203 Å². The second kappa shape index (κ2) is 11.1. The van der Waals surface area contributed by atoms with Crippen LogP contribution in [0.5, 0.6) is 5.75 Å². The highest BCUT2D eigenvalue weighted by Gasteiger charge is 2.24. The highest BCUT2D eigenvalue weighted by molar-refractivity contribution is 5.91. The molecular formula is C25H29F2N5O3. The lowest BCUT2D eigenvalue weighted by Gasteiger charge is -2.27. The van der Waals surface area contributed by atoms with Crippen molar-refractivity contribution in [1.82, 2.24) is 15.3 Å². The SMILES string of the molecule is COc1ccc(CN(C(=O)NCc2cc(F)ccc2F)c2ccnc(N[C@@H](C)C(C)(C)O)n2)cc1. The van der Waals surface area contributed by atoms with Crippen LogP contribution < -0.4 is 20.3 Å². The number of benzene rings is 2. The summed E-state index contributed by atoms with van der Waals surface area (Å²) in [6, 6.07) is 10.8. The molecule has 3 aromatic rings. The predicted octanol–water partition coefficient (Wildman–Crippen LogP) is 4.25. The van der Waals surface area contributed by atoms with Crippen molar-refractivity contribution in [3.8, 4) is 5.75 Å². The standard InChI is InChI=1S/C25H29F2N5O3/c1-16(25(2,3)34)30-23-28-12-11-22(31-23)32(15-17-5-8-20(35-4)9-6-17)24(33)29-14-18-13-19(26)7-10-21(18)27/h5-13,16,34H,14-15H2,1-4H3,(H,29,33)(H,28,30,31)/t16-/m0/s1. The van der Waals surface area contributed by atoms with E-state index in [-0.39, 0.29) is 36.5 Å². The van der Waals surface area contributed by atoms with Gasteiger partial charge in [-0.3, -0.25) is 4.90 Å². The number of methoxy groups -OCH3 is 1. The van der Waals surface area contributed by atoms with Crippen LogP contribution in [-0.2, 0) is 13.1 Å². The van der Waals surface area contributed by atoms with E-state index in [1.165, 1.54) is 11.1 Å². The van der Waals surface area contributed by atoms with Gasteiger partial charge in [-0.15, -0.1) is 0 Å². The van der Waals surface area contributed by atoms with Crippen molar-refractivity contribution in [1.29, 1.82) is 0 Å². The van der Waals surface area contributed by atoms with Gasteiger partial charge < -0.3 is 20.5 Å². The monoisotopic (exact) mass is 485 g/mol. The normalized spacial score (nSPS) is 12.1. The summed E-state index contributed by atoms with van der Waals surface area (Å²) in [5, 5.41) is 15.9. The molecule has 0 saturated heterocycles. The van der Waals surface area contributed by atoms with Crippen LogP contribution in [-0.4, -0.2) is 39.9 Å². The largest absolute Gasteiger partial charge is 0.497 e. The molecular weight excluding hydrogens is 456 g/mol. The lowest BCUT2D eigenvalue weighted by atomic mass is 10.0. The van der Waals surface area contributed by atoms with Crippen molar-refractivity contribution in [2.75, 3.05) is 17.3 Å². The average molecular weight is 486 g/mol. The first kappa shape index (κ1) is 25.8. The van der Waals surface area contributed by atoms with Crippen LogP contribution in [0.4, 0.5) is 25.3 Å². The first-order valence-electron chi connectivity index (χ1n) is 11.0. The van der Waals surface area contributed by atoms with Gasteiger partial charge in [0.2, 0.25) is 5.95 Å². The molecule has 0 aliphatic carbocycles. The van der Waals surface area contributed by atoms with Gasteiger partial charge in [-0.1, -0.05) is 12.1 Å². The molecule has 0 unspecified atom stereocenters. The number of hydrogen-bond donors (Lipinski definition) is 3. The van der Waals surface area contributed by atoms with Crippen LogP contribution >= 0.6 is 0 Å². The quantitative estimate of drug-likeness (QED) is 0.419. The second-order valence-corrected chi connectivity index (χ2v) is 8.59. The Morgan fingerprint density at radius 1 is 1.17 bits per heavy atom. The smallest absolute Gasteiger partial charge is 0.323 e. The fraction of sp³-hybridized carbons (Fsp3) is 0.320. The van der Waals surface area contributed by atoms with Crippen LogP contribution in [0.1, 0.15) is 31.9 Å². The summed E-state index contributed by atoms with van der Waals surface area (Å²) in [4.78, 5) is 23.2. The van der Waals surface area contributed by atoms with Gasteiger partial charge >= 0.3 is 6.03 Å². The number of aliphatic hydroxyl groups is 1. The molecule has 1 heterocycles. The fourth-order valence-electron chi connectivity index (χ4n) is 3.05. The summed E-state index contributed by atoms with van der Waals surface area (Å²) < 4.78 is 32.8. The van der Waals surface area contributed by atoms with E-state index in [4.69, 9.17) is 4.74 Å². The number of aromatic nitrogens is 2. The molecule has 1 aromatic heterocycles. The lowest BCUT2D eigenvalue weighted by Crippen LogP contribution is -2.41. The number of rotatable bonds is 9. The third-order valence-electron chi connectivity index (χ3n) is 5.51. The first-order valence-corrected chi connectivity index (χ1v) is 11.0. The number of carbonyl (C=O) groups excluding carboxylic acids is 1. The number of amides is 2. The van der Waals surface area contributed by atoms with E-state index in [2.05, 4.69) is 20.6 Å². The van der Waals surface area contributed by atoms with Gasteiger partial charge in [0, 0.05) is 18.3 Å². The second-order valence-electron chi connectivity index (χ2n) is 8.59. The van der Waals surface area contributed by atoms with E-state index in [1.807, 2.05) is 12.1 Å². The number of halogens is 2. The molecule has 0 saturated carbocycles. The molecule has 8 nitrogen and oxygen atoms in total. The molecule has 0 bridgehead atoms. The number of carbonyl (C=O) groups is 1. The molecule has 2 amide bonds. The Bertz CT molecular complexity index is 1150. The van der Waals surface area contributed by atoms with Gasteiger partial charge in [0.1, 0.15) is 23.2 Å². The van der Waals surface area contributed by atoms with Crippen molar-refractivity contribution in [3.05, 3.63) is 77.5 Å². The van der Waals surface area contributed by atoms with Gasteiger partial charge in [0.05, 0.1) is 25.3 Å². The Balaban J connectivity index is 1.86. The molecule has 1 atom stereocenters. The van der Waals surface area contributed by atoms with E-state index in [1.54, 1.807) is 46.1 Å². The molecule has 0 spiro atoms. The molecule has 0 radical (unpaired) electrons. The number of anilines is 2. The Hall–Kier alpha value is -3.79. The summed E-state index contributed by atoms with van der Waals surface area (Å²) >= 11 is 0. The molecule has 3 rings (SSSR count). The minimum Gasteiger partial charge on any atom is -0.497 e. The van der Waals surface area contributed by atoms with Gasteiger partial charge in [-0.05, 0) is 62.7 Å². The lowest BCUT2D eigenvalue weighted by molar-refractivity contribution is 0.0646. The zero-order valence-corrected chi connectivity index (χ0v) is 20.0. The maximum absolute atomic E-state index is 14.0. The van der Waals surface area contributed by atoms with Crippen LogP contribution in [0.15, 0.2) is 54.7 Å². The minimum atomic E-state index is -1.03. The van der Waals surface area contributed by atoms with Gasteiger partial charge in [0.25, 0.3) is 0 Å². The number of urea groups is 1. The summed E-state index contributed by atoms with van der Waals surface area (Å²) in [5.41, 5.74) is -0.225. The molecule has 0 aliphatic heterocycles. The van der Waals surface area contributed by atoms with E-state index >= 15 is 0 Å². The zero-order valence-electron chi connectivity index (χ0n) is 20.0. The van der Waals surface area contributed by atoms with Crippen molar-refractivity contribution in [2.24, 2.45) is 0 Å². The Morgan fingerprint density at radius 3 is 2.54 bits per heavy atom. The van der Waals surface area contributed by atoms with Gasteiger partial charge in [-0.25, -0.2) is 18.6 Å². The summed E-state index contributed by atoms with van der Waals surface area (Å²) in [6.07, 6.45) is 1.49. The molecule has 10 heteroatoms. The van der Waals surface area contributed by atoms with Gasteiger partial charge in [0.15, 0.2) is 0 Å². The van der Waals surface area contributed by atoms with Crippen LogP contribution in [0.25, 0.3) is 0 Å². The van der Waals surface area contributed by atoms with E-state index in [9.17, 15) is 18.7 Å². The maximum atomic E-state index is 14.0. The fourth-order valence-corrected chi connectivity index (χ4v) is 3.05. The molecule has 35 heavy (non-hydrogen) atoms. The van der Waals surface area contributed by atoms with Crippen molar-refractivity contribution in [3.63, 3.8) is 0 Å². The summed E-state index contributed by atoms with van der Waals surface area (Å²) in [6.45, 7) is 5.02. The highest BCUT2D eigenvalue weighted by Crippen LogP contribution is 2.20. The number of hydrogen-bond acceptors (Lipinski definition) is 6. The Morgan fingerprint density at radius 2 is 1.89 bits per heavy atom. The topological polar surface area (TPSA) is 99.6 Å². The van der Waals surface area contributed by atoms with E-state index in [0.29, 0.717) is 5.75 Å². The maximum Gasteiger partial charge on any atom is 0.323 e. The minimum absolute atomic E-state index is 0.0202. The number of nitrogens with one attached hydrogen (secondary N) is 2. The average Bonchev–Trinajstić information content (AvgIpc) is 2.82. The predicted molar refractivity (Wildman–Crippen MR) is 129 cm³/mol. The zero-order chi connectivity index (χ0) is 25.6. The van der Waals surface area contributed by atoms with Crippen LogP contribution in [0.3, 0.4) is 0 Å². The number of ether oxygens (including phenoxy) is 1. The molecule has 2 aromatic carbocycles. The van der Waals surface area contributed by atoms with Crippen LogP contribution in [0.2, 0.25) is 0 Å². The molecule has 186 valence electrons. The van der Waals surface area contributed by atoms with Crippen molar-refractivity contribution in [2.45, 2.75) is 45.5 Å². The summed E-state index contributed by atoms with van der Waals surface area (Å²) in [5.74, 6) is -0.0551. The van der Waals surface area contributed by atoms with Crippen molar-refractivity contribution >= 4 is 17.8 Å². The third kappa shape index (κ3) is 7.10. The van der Waals surface area contributed by atoms with E-state index < -0.39 is 23.3 Å². The molecule has 0 aliphatic rings. The number of nitrogens with zero attached hydrogens (tertiary/aromatic N) is 3. The molecule has 3 N–H and O–H groups in total. The third-order valence-corrected chi connectivity index (χ3v) is 5.51.